The molecule has 0 aromatic heterocycles. The number of hydrogen-bond acceptors (Lipinski definition) is 4. The second kappa shape index (κ2) is 14.4. The highest BCUT2D eigenvalue weighted by Gasteiger charge is 2.22. The summed E-state index contributed by atoms with van der Waals surface area (Å²) in [5.74, 6) is 1.64. The van der Waals surface area contributed by atoms with Crippen molar-refractivity contribution >= 4 is 41.5 Å². The van der Waals surface area contributed by atoms with Gasteiger partial charge in [-0.1, -0.05) is 6.07 Å². The van der Waals surface area contributed by atoms with Gasteiger partial charge in [0.25, 0.3) is 0 Å². The van der Waals surface area contributed by atoms with Crippen LogP contribution in [0.4, 0.5) is 5.69 Å². The lowest BCUT2D eigenvalue weighted by Gasteiger charge is -2.13. The molecule has 1 aromatic rings. The van der Waals surface area contributed by atoms with E-state index in [2.05, 4.69) is 20.9 Å². The van der Waals surface area contributed by atoms with E-state index in [1.54, 1.807) is 7.11 Å². The molecule has 0 aliphatic heterocycles. The Labute approximate surface area is 185 Å². The number of nitrogens with one attached hydrogen (secondary N) is 3. The number of amides is 1. The Bertz CT molecular complexity index is 609. The largest absolute Gasteiger partial charge is 0.493 e. The number of aliphatic imine (C=N–C) groups is 1. The first-order valence-electron chi connectivity index (χ1n) is 9.77. The fourth-order valence-electron chi connectivity index (χ4n) is 2.46. The van der Waals surface area contributed by atoms with E-state index in [9.17, 15) is 4.79 Å². The van der Waals surface area contributed by atoms with Gasteiger partial charge in [-0.3, -0.25) is 9.79 Å². The number of carbonyl (C=O) groups excluding carboxylic acids is 1. The van der Waals surface area contributed by atoms with Gasteiger partial charge in [-0.2, -0.15) is 0 Å². The van der Waals surface area contributed by atoms with Gasteiger partial charge in [-0.15, -0.1) is 24.0 Å². The van der Waals surface area contributed by atoms with Gasteiger partial charge in [0.1, 0.15) is 5.75 Å². The van der Waals surface area contributed by atoms with Crippen LogP contribution in [0.15, 0.2) is 29.3 Å². The van der Waals surface area contributed by atoms with E-state index in [4.69, 9.17) is 9.47 Å². The molecule has 158 valence electrons. The summed E-state index contributed by atoms with van der Waals surface area (Å²) in [6.45, 7) is 4.69. The predicted molar refractivity (Wildman–Crippen MR) is 124 cm³/mol. The topological polar surface area (TPSA) is 84.0 Å². The molecule has 1 fully saturated rings. The minimum Gasteiger partial charge on any atom is -0.493 e. The predicted octanol–water partition coefficient (Wildman–Crippen LogP) is 3.16. The Kier molecular flexibility index (Phi) is 12.6. The second-order valence-electron chi connectivity index (χ2n) is 6.55. The Morgan fingerprint density at radius 2 is 2.07 bits per heavy atom. The molecule has 7 nitrogen and oxygen atoms in total. The van der Waals surface area contributed by atoms with E-state index < -0.39 is 0 Å². The molecule has 0 spiro atoms. The van der Waals surface area contributed by atoms with Crippen molar-refractivity contribution in [2.24, 2.45) is 4.99 Å². The van der Waals surface area contributed by atoms with Crippen molar-refractivity contribution in [3.8, 4) is 5.75 Å². The zero-order valence-electron chi connectivity index (χ0n) is 16.8. The van der Waals surface area contributed by atoms with Crippen LogP contribution in [0.5, 0.6) is 5.75 Å². The number of ether oxygens (including phenoxy) is 2. The molecule has 1 saturated carbocycles. The van der Waals surface area contributed by atoms with Gasteiger partial charge in [0.15, 0.2) is 5.96 Å². The highest BCUT2D eigenvalue weighted by atomic mass is 127. The molecule has 3 N–H and O–H groups in total. The number of rotatable bonds is 12. The van der Waals surface area contributed by atoms with Crippen molar-refractivity contribution in [2.45, 2.75) is 45.1 Å². The molecule has 0 heterocycles. The number of guanidine groups is 1. The summed E-state index contributed by atoms with van der Waals surface area (Å²) in [6.07, 6.45) is 4.34. The van der Waals surface area contributed by atoms with Gasteiger partial charge in [0.05, 0.1) is 6.61 Å². The van der Waals surface area contributed by atoms with Crippen LogP contribution in [0.25, 0.3) is 0 Å². The van der Waals surface area contributed by atoms with Gasteiger partial charge in [-0.05, 0) is 38.3 Å². The SMILES string of the molecule is CCNC(=NCCCC(=O)NC1CC1)Nc1cccc(OCCCOC)c1.I. The smallest absolute Gasteiger partial charge is 0.220 e. The van der Waals surface area contributed by atoms with Crippen molar-refractivity contribution in [3.63, 3.8) is 0 Å². The first-order chi connectivity index (χ1) is 13.2. The molecular formula is C20H33IN4O3. The Hall–Kier alpha value is -1.55. The van der Waals surface area contributed by atoms with E-state index in [0.29, 0.717) is 38.2 Å². The molecule has 1 aromatic carbocycles. The fraction of sp³-hybridized carbons (Fsp3) is 0.600. The lowest BCUT2D eigenvalue weighted by Crippen LogP contribution is -2.31. The number of methoxy groups -OCH3 is 1. The minimum atomic E-state index is 0. The van der Waals surface area contributed by atoms with Crippen LogP contribution in [0.2, 0.25) is 0 Å². The summed E-state index contributed by atoms with van der Waals surface area (Å²) in [4.78, 5) is 16.3. The number of nitrogens with zero attached hydrogens (tertiary/aromatic N) is 1. The summed E-state index contributed by atoms with van der Waals surface area (Å²) in [6, 6.07) is 8.21. The average Bonchev–Trinajstić information content (AvgIpc) is 3.47. The molecule has 8 heteroatoms. The average molecular weight is 504 g/mol. The maximum absolute atomic E-state index is 11.7. The standard InChI is InChI=1S/C20H32N4O3.HI/c1-3-21-20(22-12-5-9-19(25)23-16-10-11-16)24-17-7-4-8-18(15-17)27-14-6-13-26-2;/h4,7-8,15-16H,3,5-6,9-14H2,1-2H3,(H,23,25)(H2,21,22,24);1H. The monoisotopic (exact) mass is 504 g/mol. The fourth-order valence-corrected chi connectivity index (χ4v) is 2.46. The van der Waals surface area contributed by atoms with Crippen LogP contribution >= 0.6 is 24.0 Å². The lowest BCUT2D eigenvalue weighted by atomic mass is 10.3. The van der Waals surface area contributed by atoms with Gasteiger partial charge in [0, 0.05) is 57.4 Å². The molecule has 1 aliphatic rings. The molecule has 0 bridgehead atoms. The quantitative estimate of drug-likeness (QED) is 0.176. The van der Waals surface area contributed by atoms with Crippen molar-refractivity contribution in [2.75, 3.05) is 38.7 Å². The Balaban J connectivity index is 0.00000392. The van der Waals surface area contributed by atoms with Gasteiger partial charge < -0.3 is 25.4 Å². The molecule has 0 radical (unpaired) electrons. The third-order valence-electron chi connectivity index (χ3n) is 3.98. The van der Waals surface area contributed by atoms with Crippen LogP contribution in [0.1, 0.15) is 39.0 Å². The van der Waals surface area contributed by atoms with Crippen LogP contribution in [-0.2, 0) is 9.53 Å². The molecule has 28 heavy (non-hydrogen) atoms. The zero-order chi connectivity index (χ0) is 19.3. The first-order valence-corrected chi connectivity index (χ1v) is 9.77. The summed E-state index contributed by atoms with van der Waals surface area (Å²) in [5, 5.41) is 9.51. The third-order valence-corrected chi connectivity index (χ3v) is 3.98. The van der Waals surface area contributed by atoms with Crippen LogP contribution in [0, 0.1) is 0 Å². The normalized spacial score (nSPS) is 13.4. The highest BCUT2D eigenvalue weighted by molar-refractivity contribution is 14.0. The number of halogens is 1. The molecule has 0 saturated heterocycles. The zero-order valence-corrected chi connectivity index (χ0v) is 19.2. The van der Waals surface area contributed by atoms with Crippen LogP contribution in [0.3, 0.4) is 0 Å². The Morgan fingerprint density at radius 3 is 2.79 bits per heavy atom. The van der Waals surface area contributed by atoms with E-state index in [1.807, 2.05) is 31.2 Å². The van der Waals surface area contributed by atoms with Crippen molar-refractivity contribution in [1.82, 2.24) is 10.6 Å². The number of benzene rings is 1. The first kappa shape index (κ1) is 24.5. The summed E-state index contributed by atoms with van der Waals surface area (Å²) < 4.78 is 10.8. The molecule has 1 aliphatic carbocycles. The number of anilines is 1. The summed E-state index contributed by atoms with van der Waals surface area (Å²) in [7, 11) is 1.69. The number of hydrogen-bond donors (Lipinski definition) is 3. The van der Waals surface area contributed by atoms with Crippen LogP contribution < -0.4 is 20.7 Å². The molecular weight excluding hydrogens is 471 g/mol. The van der Waals surface area contributed by atoms with Crippen LogP contribution in [-0.4, -0.2) is 51.3 Å². The maximum Gasteiger partial charge on any atom is 0.220 e. The van der Waals surface area contributed by atoms with Crippen molar-refractivity contribution in [1.29, 1.82) is 0 Å². The minimum absolute atomic E-state index is 0. The second-order valence-corrected chi connectivity index (χ2v) is 6.55. The third kappa shape index (κ3) is 10.7. The van der Waals surface area contributed by atoms with Gasteiger partial charge in [-0.25, -0.2) is 0 Å². The van der Waals surface area contributed by atoms with Gasteiger partial charge >= 0.3 is 0 Å². The molecule has 2 rings (SSSR count). The van der Waals surface area contributed by atoms with Crippen molar-refractivity contribution < 1.29 is 14.3 Å². The Morgan fingerprint density at radius 1 is 1.25 bits per heavy atom. The highest BCUT2D eigenvalue weighted by Crippen LogP contribution is 2.19. The molecule has 0 atom stereocenters. The lowest BCUT2D eigenvalue weighted by molar-refractivity contribution is -0.121. The van der Waals surface area contributed by atoms with E-state index in [-0.39, 0.29) is 29.9 Å². The van der Waals surface area contributed by atoms with E-state index >= 15 is 0 Å². The van der Waals surface area contributed by atoms with E-state index in [0.717, 1.165) is 43.7 Å². The van der Waals surface area contributed by atoms with Gasteiger partial charge in [0.2, 0.25) is 5.91 Å². The summed E-state index contributed by atoms with van der Waals surface area (Å²) >= 11 is 0. The molecule has 1 amide bonds. The number of carbonyl (C=O) groups is 1. The van der Waals surface area contributed by atoms with Crippen molar-refractivity contribution in [3.05, 3.63) is 24.3 Å². The summed E-state index contributed by atoms with van der Waals surface area (Å²) in [5.41, 5.74) is 0.908. The molecule has 0 unspecified atom stereocenters. The van der Waals surface area contributed by atoms with E-state index in [1.165, 1.54) is 0 Å². The maximum atomic E-state index is 11.7.